The van der Waals surface area contributed by atoms with Crippen molar-refractivity contribution in [3.05, 3.63) is 78.6 Å². The van der Waals surface area contributed by atoms with Crippen LogP contribution in [0.15, 0.2) is 73.1 Å². The Kier molecular flexibility index (Phi) is 3.60. The second-order valence-corrected chi connectivity index (χ2v) is 4.40. The van der Waals surface area contributed by atoms with E-state index >= 15 is 0 Å². The second-order valence-electron chi connectivity index (χ2n) is 4.40. The molecule has 3 rings (SSSR count). The number of rotatable bonds is 4. The van der Waals surface area contributed by atoms with Crippen LogP contribution in [0.3, 0.4) is 0 Å². The predicted molar refractivity (Wildman–Crippen MR) is 83.1 cm³/mol. The van der Waals surface area contributed by atoms with Crippen molar-refractivity contribution in [2.45, 2.75) is 0 Å². The topological polar surface area (TPSA) is 40.7 Å². The molecule has 0 amide bonds. The number of nitrogens with zero attached hydrogens (tertiary/aromatic N) is 1. The van der Waals surface area contributed by atoms with Gasteiger partial charge < -0.3 is 10.3 Å². The maximum absolute atomic E-state index is 4.31. The molecular weight excluding hydrogens is 246 g/mol. The van der Waals surface area contributed by atoms with Gasteiger partial charge in [-0.25, -0.2) is 4.98 Å². The first-order valence-corrected chi connectivity index (χ1v) is 6.50. The fourth-order valence-corrected chi connectivity index (χ4v) is 1.94. The molecule has 0 saturated carbocycles. The van der Waals surface area contributed by atoms with E-state index in [1.807, 2.05) is 54.9 Å². The van der Waals surface area contributed by atoms with Crippen LogP contribution in [0.2, 0.25) is 0 Å². The summed E-state index contributed by atoms with van der Waals surface area (Å²) in [7, 11) is 0. The van der Waals surface area contributed by atoms with E-state index in [9.17, 15) is 0 Å². The Balaban J connectivity index is 1.68. The van der Waals surface area contributed by atoms with Gasteiger partial charge in [0.25, 0.3) is 0 Å². The van der Waals surface area contributed by atoms with Gasteiger partial charge in [-0.1, -0.05) is 60.7 Å². The summed E-state index contributed by atoms with van der Waals surface area (Å²) in [5.41, 5.74) is 3.27. The van der Waals surface area contributed by atoms with Crippen molar-refractivity contribution in [3.8, 4) is 11.3 Å². The van der Waals surface area contributed by atoms with Crippen LogP contribution in [-0.2, 0) is 0 Å². The van der Waals surface area contributed by atoms with Crippen LogP contribution < -0.4 is 5.32 Å². The third-order valence-corrected chi connectivity index (χ3v) is 2.96. The highest BCUT2D eigenvalue weighted by atomic mass is 15.1. The zero-order valence-corrected chi connectivity index (χ0v) is 11.0. The summed E-state index contributed by atoms with van der Waals surface area (Å²) in [4.78, 5) is 7.55. The van der Waals surface area contributed by atoms with Gasteiger partial charge in [0, 0.05) is 6.20 Å². The molecule has 1 heterocycles. The molecule has 3 nitrogen and oxygen atoms in total. The molecule has 0 bridgehead atoms. The summed E-state index contributed by atoms with van der Waals surface area (Å²) < 4.78 is 0. The van der Waals surface area contributed by atoms with Crippen molar-refractivity contribution in [2.24, 2.45) is 0 Å². The molecule has 0 saturated heterocycles. The van der Waals surface area contributed by atoms with Crippen molar-refractivity contribution in [1.29, 1.82) is 0 Å². The van der Waals surface area contributed by atoms with E-state index < -0.39 is 0 Å². The highest BCUT2D eigenvalue weighted by molar-refractivity contribution is 5.61. The van der Waals surface area contributed by atoms with Crippen molar-refractivity contribution < 1.29 is 0 Å². The minimum atomic E-state index is 0.732. The van der Waals surface area contributed by atoms with Crippen molar-refractivity contribution in [2.75, 3.05) is 5.32 Å². The molecule has 0 unspecified atom stereocenters. The summed E-state index contributed by atoms with van der Waals surface area (Å²) in [5.74, 6) is 0.732. The summed E-state index contributed by atoms with van der Waals surface area (Å²) >= 11 is 0. The molecule has 0 atom stereocenters. The zero-order valence-electron chi connectivity index (χ0n) is 11.0. The van der Waals surface area contributed by atoms with E-state index in [1.165, 1.54) is 0 Å². The second kappa shape index (κ2) is 5.89. The van der Waals surface area contributed by atoms with Crippen LogP contribution in [0, 0.1) is 0 Å². The van der Waals surface area contributed by atoms with E-state index in [4.69, 9.17) is 0 Å². The Bertz CT molecular complexity index is 685. The van der Waals surface area contributed by atoms with Gasteiger partial charge in [0.05, 0.1) is 11.9 Å². The number of aromatic amines is 1. The number of nitrogens with one attached hydrogen (secondary N) is 2. The summed E-state index contributed by atoms with van der Waals surface area (Å²) in [6.45, 7) is 0. The van der Waals surface area contributed by atoms with Crippen molar-refractivity contribution in [1.82, 2.24) is 9.97 Å². The highest BCUT2D eigenvalue weighted by Crippen LogP contribution is 2.17. The largest absolute Gasteiger partial charge is 0.332 e. The number of hydrogen-bond donors (Lipinski definition) is 2. The van der Waals surface area contributed by atoms with Crippen LogP contribution >= 0.6 is 0 Å². The van der Waals surface area contributed by atoms with Gasteiger partial charge in [0.15, 0.2) is 0 Å². The SMILES string of the molecule is C(=Cc1ccccc1)Nc1ncc(-c2ccccc2)[nH]1. The van der Waals surface area contributed by atoms with Gasteiger partial charge in [0.1, 0.15) is 0 Å². The van der Waals surface area contributed by atoms with Crippen LogP contribution in [-0.4, -0.2) is 9.97 Å². The number of benzene rings is 2. The first kappa shape index (κ1) is 12.2. The van der Waals surface area contributed by atoms with Crippen LogP contribution in [0.25, 0.3) is 17.3 Å². The van der Waals surface area contributed by atoms with Crippen LogP contribution in [0.5, 0.6) is 0 Å². The van der Waals surface area contributed by atoms with Gasteiger partial charge in [-0.2, -0.15) is 0 Å². The zero-order chi connectivity index (χ0) is 13.6. The van der Waals surface area contributed by atoms with E-state index in [2.05, 4.69) is 39.6 Å². The fourth-order valence-electron chi connectivity index (χ4n) is 1.94. The molecule has 0 aliphatic heterocycles. The molecule has 1 aromatic heterocycles. The smallest absolute Gasteiger partial charge is 0.204 e. The van der Waals surface area contributed by atoms with Crippen LogP contribution in [0.1, 0.15) is 5.56 Å². The molecule has 2 aromatic carbocycles. The minimum absolute atomic E-state index is 0.732. The fraction of sp³-hybridized carbons (Fsp3) is 0. The predicted octanol–water partition coefficient (Wildman–Crippen LogP) is 4.16. The van der Waals surface area contributed by atoms with Gasteiger partial charge in [-0.15, -0.1) is 0 Å². The normalized spacial score (nSPS) is 10.8. The molecule has 98 valence electrons. The van der Waals surface area contributed by atoms with E-state index in [0.29, 0.717) is 0 Å². The average Bonchev–Trinajstić information content (AvgIpc) is 2.98. The lowest BCUT2D eigenvalue weighted by molar-refractivity contribution is 1.29. The Hall–Kier alpha value is -2.81. The van der Waals surface area contributed by atoms with Gasteiger partial charge in [-0.3, -0.25) is 0 Å². The maximum atomic E-state index is 4.31. The Morgan fingerprint density at radius 2 is 1.60 bits per heavy atom. The lowest BCUT2D eigenvalue weighted by Gasteiger charge is -1.97. The lowest BCUT2D eigenvalue weighted by Crippen LogP contribution is -1.89. The van der Waals surface area contributed by atoms with E-state index in [-0.39, 0.29) is 0 Å². The average molecular weight is 261 g/mol. The molecule has 3 aromatic rings. The summed E-state index contributed by atoms with van der Waals surface area (Å²) in [5, 5.41) is 3.14. The molecule has 0 aliphatic carbocycles. The molecular formula is C17H15N3. The Morgan fingerprint density at radius 1 is 0.900 bits per heavy atom. The monoisotopic (exact) mass is 261 g/mol. The number of hydrogen-bond acceptors (Lipinski definition) is 2. The molecule has 2 N–H and O–H groups in total. The van der Waals surface area contributed by atoms with Gasteiger partial charge in [-0.05, 0) is 17.2 Å². The first-order valence-electron chi connectivity index (χ1n) is 6.50. The number of imidazole rings is 1. The first-order chi connectivity index (χ1) is 9.92. The Labute approximate surface area is 118 Å². The third kappa shape index (κ3) is 2.95. The third-order valence-electron chi connectivity index (χ3n) is 2.96. The van der Waals surface area contributed by atoms with Gasteiger partial charge in [0.2, 0.25) is 5.95 Å². The molecule has 3 heteroatoms. The van der Waals surface area contributed by atoms with E-state index in [1.54, 1.807) is 0 Å². The summed E-state index contributed by atoms with van der Waals surface area (Å²) in [6, 6.07) is 20.3. The van der Waals surface area contributed by atoms with Crippen LogP contribution in [0.4, 0.5) is 5.95 Å². The standard InChI is InChI=1S/C17H15N3/c1-3-7-14(8-4-1)11-12-18-17-19-13-16(20-17)15-9-5-2-6-10-15/h1-13H,(H2,18,19,20). The molecule has 0 radical (unpaired) electrons. The quantitative estimate of drug-likeness (QED) is 0.740. The van der Waals surface area contributed by atoms with Crippen molar-refractivity contribution in [3.63, 3.8) is 0 Å². The summed E-state index contributed by atoms with van der Waals surface area (Å²) in [6.07, 6.45) is 5.71. The molecule has 0 aliphatic rings. The number of aromatic nitrogens is 2. The van der Waals surface area contributed by atoms with Gasteiger partial charge >= 0.3 is 0 Å². The maximum Gasteiger partial charge on any atom is 0.204 e. The van der Waals surface area contributed by atoms with E-state index in [0.717, 1.165) is 22.8 Å². The Morgan fingerprint density at radius 3 is 2.35 bits per heavy atom. The minimum Gasteiger partial charge on any atom is -0.332 e. The molecule has 0 fully saturated rings. The number of H-pyrrole nitrogens is 1. The molecule has 0 spiro atoms. The van der Waals surface area contributed by atoms with Crippen molar-refractivity contribution >= 4 is 12.0 Å². The molecule has 20 heavy (non-hydrogen) atoms. The highest BCUT2D eigenvalue weighted by Gasteiger charge is 2.00. The number of anilines is 1. The lowest BCUT2D eigenvalue weighted by atomic mass is 10.2.